The number of nitrogens with zero attached hydrogens (tertiary/aromatic N) is 3. The van der Waals surface area contributed by atoms with Crippen molar-refractivity contribution in [2.24, 2.45) is 4.99 Å². The molecule has 0 aliphatic heterocycles. The van der Waals surface area contributed by atoms with Crippen LogP contribution >= 0.6 is 27.5 Å². The van der Waals surface area contributed by atoms with Gasteiger partial charge in [-0.2, -0.15) is 0 Å². The third kappa shape index (κ3) is 4.06. The van der Waals surface area contributed by atoms with Gasteiger partial charge < -0.3 is 4.42 Å². The molecule has 8 heteroatoms. The number of rotatable bonds is 4. The Bertz CT molecular complexity index is 1280. The van der Waals surface area contributed by atoms with Gasteiger partial charge in [-0.25, -0.2) is 4.98 Å². The minimum atomic E-state index is -0.438. The first-order valence-electron chi connectivity index (χ1n) is 8.56. The number of oxazole rings is 1. The van der Waals surface area contributed by atoms with Crippen LogP contribution in [0.3, 0.4) is 0 Å². The fourth-order valence-electron chi connectivity index (χ4n) is 2.80. The summed E-state index contributed by atoms with van der Waals surface area (Å²) in [6.07, 6.45) is 1.59. The predicted molar refractivity (Wildman–Crippen MR) is 117 cm³/mol. The van der Waals surface area contributed by atoms with Crippen molar-refractivity contribution in [2.75, 3.05) is 0 Å². The minimum Gasteiger partial charge on any atom is -0.436 e. The average Bonchev–Trinajstić information content (AvgIpc) is 3.11. The van der Waals surface area contributed by atoms with Crippen LogP contribution in [0, 0.1) is 17.0 Å². The summed E-state index contributed by atoms with van der Waals surface area (Å²) in [4.78, 5) is 19.7. The number of benzene rings is 3. The van der Waals surface area contributed by atoms with Gasteiger partial charge in [-0.05, 0) is 70.4 Å². The molecule has 1 heterocycles. The molecule has 4 aromatic rings. The summed E-state index contributed by atoms with van der Waals surface area (Å²) in [7, 11) is 0. The lowest BCUT2D eigenvalue weighted by atomic mass is 10.1. The Labute approximate surface area is 179 Å². The zero-order valence-electron chi connectivity index (χ0n) is 15.1. The molecule has 6 nitrogen and oxygen atoms in total. The molecule has 4 rings (SSSR count). The highest BCUT2D eigenvalue weighted by atomic mass is 79.9. The van der Waals surface area contributed by atoms with E-state index in [1.165, 1.54) is 6.07 Å². The Kier molecular flexibility index (Phi) is 5.17. The monoisotopic (exact) mass is 469 g/mol. The molecule has 0 spiro atoms. The lowest BCUT2D eigenvalue weighted by molar-refractivity contribution is -0.385. The number of aryl methyl sites for hydroxylation is 1. The first-order chi connectivity index (χ1) is 13.9. The number of aromatic nitrogens is 1. The molecule has 0 saturated carbocycles. The molecule has 0 aliphatic carbocycles. The number of nitro groups is 1. The second kappa shape index (κ2) is 7.77. The first kappa shape index (κ1) is 19.3. The van der Waals surface area contributed by atoms with E-state index in [4.69, 9.17) is 16.0 Å². The minimum absolute atomic E-state index is 0.00967. The van der Waals surface area contributed by atoms with Crippen LogP contribution in [-0.2, 0) is 0 Å². The van der Waals surface area contributed by atoms with Crippen molar-refractivity contribution in [1.29, 1.82) is 0 Å². The Morgan fingerprint density at radius 1 is 1.17 bits per heavy atom. The van der Waals surface area contributed by atoms with Crippen molar-refractivity contribution in [1.82, 2.24) is 4.98 Å². The second-order valence-corrected chi connectivity index (χ2v) is 7.65. The normalized spacial score (nSPS) is 11.4. The van der Waals surface area contributed by atoms with E-state index in [0.717, 1.165) is 11.1 Å². The average molecular weight is 471 g/mol. The molecule has 0 radical (unpaired) electrons. The van der Waals surface area contributed by atoms with E-state index in [1.807, 2.05) is 25.1 Å². The van der Waals surface area contributed by atoms with Crippen molar-refractivity contribution in [3.63, 3.8) is 0 Å². The van der Waals surface area contributed by atoms with Crippen molar-refractivity contribution in [3.05, 3.63) is 85.3 Å². The number of fused-ring (bicyclic) bond motifs is 1. The SMILES string of the molecule is Cc1ccc(-c2nc3cc(Cl)ccc3o2)cc1N=Cc1ccc(Br)c([N+](=O)[O-])c1. The van der Waals surface area contributed by atoms with Gasteiger partial charge in [0.05, 0.1) is 15.1 Å². The molecular formula is C21H13BrClN3O3. The highest BCUT2D eigenvalue weighted by Crippen LogP contribution is 2.30. The van der Waals surface area contributed by atoms with Crippen LogP contribution in [0.1, 0.15) is 11.1 Å². The number of hydrogen-bond acceptors (Lipinski definition) is 5. The summed E-state index contributed by atoms with van der Waals surface area (Å²) in [5, 5.41) is 11.7. The van der Waals surface area contributed by atoms with E-state index in [1.54, 1.807) is 36.5 Å². The Morgan fingerprint density at radius 3 is 2.79 bits per heavy atom. The van der Waals surface area contributed by atoms with Crippen LogP contribution in [0.25, 0.3) is 22.6 Å². The van der Waals surface area contributed by atoms with Crippen LogP contribution in [0.2, 0.25) is 5.02 Å². The van der Waals surface area contributed by atoms with Crippen LogP contribution in [-0.4, -0.2) is 16.1 Å². The Hall–Kier alpha value is -3.03. The van der Waals surface area contributed by atoms with Gasteiger partial charge in [-0.1, -0.05) is 23.7 Å². The smallest absolute Gasteiger partial charge is 0.284 e. The summed E-state index contributed by atoms with van der Waals surface area (Å²) < 4.78 is 6.25. The maximum atomic E-state index is 11.1. The molecule has 0 saturated heterocycles. The zero-order chi connectivity index (χ0) is 20.5. The molecule has 144 valence electrons. The third-order valence-corrected chi connectivity index (χ3v) is 5.23. The molecule has 0 N–H and O–H groups in total. The molecular weight excluding hydrogens is 458 g/mol. The van der Waals surface area contributed by atoms with E-state index in [-0.39, 0.29) is 5.69 Å². The Morgan fingerprint density at radius 2 is 2.00 bits per heavy atom. The Balaban J connectivity index is 1.69. The maximum absolute atomic E-state index is 11.1. The van der Waals surface area contributed by atoms with Crippen molar-refractivity contribution >= 4 is 56.2 Å². The van der Waals surface area contributed by atoms with E-state index >= 15 is 0 Å². The molecule has 1 aromatic heterocycles. The van der Waals surface area contributed by atoms with Gasteiger partial charge in [0, 0.05) is 22.9 Å². The molecule has 0 bridgehead atoms. The van der Waals surface area contributed by atoms with Gasteiger partial charge in [-0.15, -0.1) is 0 Å². The summed E-state index contributed by atoms with van der Waals surface area (Å²) in [6.45, 7) is 1.94. The van der Waals surface area contributed by atoms with Gasteiger partial charge in [0.1, 0.15) is 5.52 Å². The van der Waals surface area contributed by atoms with Crippen molar-refractivity contribution in [2.45, 2.75) is 6.92 Å². The van der Waals surface area contributed by atoms with E-state index < -0.39 is 4.92 Å². The highest BCUT2D eigenvalue weighted by Gasteiger charge is 2.12. The summed E-state index contributed by atoms with van der Waals surface area (Å²) in [6, 6.07) is 15.8. The van der Waals surface area contributed by atoms with Crippen LogP contribution < -0.4 is 0 Å². The molecule has 0 fully saturated rings. The van der Waals surface area contributed by atoms with E-state index in [0.29, 0.717) is 37.7 Å². The topological polar surface area (TPSA) is 81.5 Å². The van der Waals surface area contributed by atoms with Crippen molar-refractivity contribution in [3.8, 4) is 11.5 Å². The second-order valence-electron chi connectivity index (χ2n) is 6.36. The highest BCUT2D eigenvalue weighted by molar-refractivity contribution is 9.10. The fraction of sp³-hybridized carbons (Fsp3) is 0.0476. The van der Waals surface area contributed by atoms with Gasteiger partial charge in [0.25, 0.3) is 5.69 Å². The number of nitro benzene ring substituents is 1. The molecule has 3 aromatic carbocycles. The van der Waals surface area contributed by atoms with Gasteiger partial charge in [0.2, 0.25) is 5.89 Å². The van der Waals surface area contributed by atoms with Gasteiger partial charge >= 0.3 is 0 Å². The lowest BCUT2D eigenvalue weighted by Crippen LogP contribution is -1.91. The van der Waals surface area contributed by atoms with Crippen LogP contribution in [0.4, 0.5) is 11.4 Å². The van der Waals surface area contributed by atoms with E-state index in [9.17, 15) is 10.1 Å². The lowest BCUT2D eigenvalue weighted by Gasteiger charge is -2.03. The van der Waals surface area contributed by atoms with Gasteiger partial charge in [0.15, 0.2) is 5.58 Å². The quantitative estimate of drug-likeness (QED) is 0.185. The summed E-state index contributed by atoms with van der Waals surface area (Å²) in [5.41, 5.74) is 4.39. The van der Waals surface area contributed by atoms with Crippen molar-refractivity contribution < 1.29 is 9.34 Å². The molecule has 0 amide bonds. The van der Waals surface area contributed by atoms with Gasteiger partial charge in [-0.3, -0.25) is 15.1 Å². The molecule has 0 unspecified atom stereocenters. The first-order valence-corrected chi connectivity index (χ1v) is 9.73. The maximum Gasteiger partial charge on any atom is 0.284 e. The largest absolute Gasteiger partial charge is 0.436 e. The standard InChI is InChI=1S/C21H13BrClN3O3/c1-12-2-4-14(21-25-18-10-15(23)5-7-20(18)29-21)9-17(12)24-11-13-3-6-16(22)19(8-13)26(27)28/h2-11H,1H3. The molecule has 0 atom stereocenters. The molecule has 29 heavy (non-hydrogen) atoms. The predicted octanol–water partition coefficient (Wildman–Crippen LogP) is 6.88. The fourth-order valence-corrected chi connectivity index (χ4v) is 3.36. The number of aliphatic imine (C=N–C) groups is 1. The third-order valence-electron chi connectivity index (χ3n) is 4.33. The van der Waals surface area contributed by atoms with Crippen LogP contribution in [0.15, 0.2) is 68.5 Å². The molecule has 0 aliphatic rings. The summed E-state index contributed by atoms with van der Waals surface area (Å²) in [5.74, 6) is 0.470. The van der Waals surface area contributed by atoms with Crippen LogP contribution in [0.5, 0.6) is 0 Å². The number of hydrogen-bond donors (Lipinski definition) is 0. The van der Waals surface area contributed by atoms with E-state index in [2.05, 4.69) is 25.9 Å². The zero-order valence-corrected chi connectivity index (χ0v) is 17.4. The number of halogens is 2. The summed E-state index contributed by atoms with van der Waals surface area (Å²) >= 11 is 9.20.